The number of rotatable bonds is 13. The molecule has 6 heteroatoms. The van der Waals surface area contributed by atoms with E-state index in [0.29, 0.717) is 5.75 Å². The van der Waals surface area contributed by atoms with Gasteiger partial charge in [-0.05, 0) is 95.9 Å². The van der Waals surface area contributed by atoms with Crippen LogP contribution in [0.15, 0.2) is 18.2 Å². The van der Waals surface area contributed by atoms with Gasteiger partial charge in [-0.1, -0.05) is 46.5 Å². The smallest absolute Gasteiger partial charge is 0.270 e. The summed E-state index contributed by atoms with van der Waals surface area (Å²) < 4.78 is 44.3. The van der Waals surface area contributed by atoms with Crippen LogP contribution in [0, 0.1) is 11.8 Å². The Morgan fingerprint density at radius 3 is 2.35 bits per heavy atom. The molecule has 196 valence electrons. The molecule has 1 heterocycles. The highest BCUT2D eigenvalue weighted by Crippen LogP contribution is 2.39. The summed E-state index contributed by atoms with van der Waals surface area (Å²) in [4.78, 5) is 0. The van der Waals surface area contributed by atoms with Crippen LogP contribution in [0.25, 0.3) is 0 Å². The first-order valence-corrected chi connectivity index (χ1v) is 14.4. The molecule has 0 fully saturated rings. The molecule has 0 radical (unpaired) electrons. The maximum Gasteiger partial charge on any atom is 0.270 e. The Morgan fingerprint density at radius 1 is 1.09 bits per heavy atom. The second-order valence-electron chi connectivity index (χ2n) is 12.4. The molecule has 0 bridgehead atoms. The summed E-state index contributed by atoms with van der Waals surface area (Å²) in [5, 5.41) is 0. The molecule has 1 aliphatic heterocycles. The van der Waals surface area contributed by atoms with E-state index in [1.165, 1.54) is 46.0 Å². The molecule has 0 aliphatic carbocycles. The number of fused-ring (bicyclic) bond motifs is 1. The standard InChI is InChI=1S/C28H48O5S/c1-21(2)11-9-12-22(3)13-10-17-28(8)18-16-23-19-24(14-15-25(23)33-28)32-26(4,5)20-27(6,7)34(29,30)31/h14-15,19,21-22H,9-13,16-18,20H2,1-8H3,(H,29,30,31). The Balaban J connectivity index is 1.92. The Morgan fingerprint density at radius 2 is 1.74 bits per heavy atom. The first-order valence-electron chi connectivity index (χ1n) is 13.0. The second kappa shape index (κ2) is 11.2. The molecular weight excluding hydrogens is 448 g/mol. The third-order valence-corrected chi connectivity index (χ3v) is 8.68. The van der Waals surface area contributed by atoms with Crippen LogP contribution in [0.5, 0.6) is 11.5 Å². The van der Waals surface area contributed by atoms with E-state index >= 15 is 0 Å². The van der Waals surface area contributed by atoms with E-state index in [0.717, 1.165) is 42.4 Å². The highest BCUT2D eigenvalue weighted by Gasteiger charge is 2.40. The van der Waals surface area contributed by atoms with Crippen molar-refractivity contribution in [3.8, 4) is 11.5 Å². The fourth-order valence-electron chi connectivity index (χ4n) is 5.12. The van der Waals surface area contributed by atoms with Crippen molar-refractivity contribution in [2.24, 2.45) is 11.8 Å². The Bertz CT molecular complexity index is 903. The average Bonchev–Trinajstić information content (AvgIpc) is 2.65. The molecule has 34 heavy (non-hydrogen) atoms. The van der Waals surface area contributed by atoms with Gasteiger partial charge >= 0.3 is 0 Å². The zero-order chi connectivity index (χ0) is 25.8. The van der Waals surface area contributed by atoms with E-state index in [-0.39, 0.29) is 12.0 Å². The van der Waals surface area contributed by atoms with E-state index in [1.54, 1.807) is 0 Å². The van der Waals surface area contributed by atoms with Gasteiger partial charge in [0.25, 0.3) is 10.1 Å². The van der Waals surface area contributed by atoms with Gasteiger partial charge in [-0.25, -0.2) is 0 Å². The lowest BCUT2D eigenvalue weighted by molar-refractivity contribution is 0.0514. The van der Waals surface area contributed by atoms with E-state index in [1.807, 2.05) is 32.0 Å². The summed E-state index contributed by atoms with van der Waals surface area (Å²) in [6.45, 7) is 15.9. The maximum atomic E-state index is 11.7. The number of benzene rings is 1. The van der Waals surface area contributed by atoms with Crippen molar-refractivity contribution in [1.82, 2.24) is 0 Å². The van der Waals surface area contributed by atoms with Crippen molar-refractivity contribution in [3.05, 3.63) is 23.8 Å². The van der Waals surface area contributed by atoms with Gasteiger partial charge in [0.1, 0.15) is 22.7 Å². The summed E-state index contributed by atoms with van der Waals surface area (Å²) in [7, 11) is -4.18. The third kappa shape index (κ3) is 8.75. The minimum Gasteiger partial charge on any atom is -0.488 e. The molecule has 1 N–H and O–H groups in total. The number of hydrogen-bond acceptors (Lipinski definition) is 4. The third-order valence-electron chi connectivity index (χ3n) is 7.14. The average molecular weight is 497 g/mol. The molecule has 0 saturated carbocycles. The van der Waals surface area contributed by atoms with E-state index in [4.69, 9.17) is 9.47 Å². The quantitative estimate of drug-likeness (QED) is 0.284. The normalized spacial score (nSPS) is 20.1. The predicted molar refractivity (Wildman–Crippen MR) is 140 cm³/mol. The molecule has 0 amide bonds. The minimum atomic E-state index is -4.18. The van der Waals surface area contributed by atoms with Gasteiger partial charge < -0.3 is 9.47 Å². The Hall–Kier alpha value is -1.27. The predicted octanol–water partition coefficient (Wildman–Crippen LogP) is 7.62. The fourth-order valence-corrected chi connectivity index (χ4v) is 5.65. The van der Waals surface area contributed by atoms with Crippen LogP contribution in [-0.4, -0.2) is 28.9 Å². The van der Waals surface area contributed by atoms with Crippen LogP contribution in [0.4, 0.5) is 0 Å². The lowest BCUT2D eigenvalue weighted by atomic mass is 9.86. The van der Waals surface area contributed by atoms with Gasteiger partial charge in [0.2, 0.25) is 0 Å². The largest absolute Gasteiger partial charge is 0.488 e. The lowest BCUT2D eigenvalue weighted by Gasteiger charge is -2.37. The van der Waals surface area contributed by atoms with Gasteiger partial charge in [-0.15, -0.1) is 0 Å². The SMILES string of the molecule is CC(C)CCCC(C)CCCC1(C)CCc2cc(OC(C)(C)CC(C)(C)S(=O)(=O)O)ccc2O1. The van der Waals surface area contributed by atoms with Crippen LogP contribution in [0.3, 0.4) is 0 Å². The molecule has 1 aliphatic rings. The van der Waals surface area contributed by atoms with Crippen molar-refractivity contribution in [1.29, 1.82) is 0 Å². The van der Waals surface area contributed by atoms with E-state index in [9.17, 15) is 13.0 Å². The molecule has 0 aromatic heterocycles. The monoisotopic (exact) mass is 496 g/mol. The number of aryl methyl sites for hydroxylation is 1. The molecule has 0 spiro atoms. The second-order valence-corrected chi connectivity index (χ2v) is 14.5. The molecule has 1 aromatic rings. The lowest BCUT2D eigenvalue weighted by Crippen LogP contribution is -2.42. The van der Waals surface area contributed by atoms with Crippen LogP contribution in [-0.2, 0) is 16.5 Å². The molecule has 2 unspecified atom stereocenters. The number of ether oxygens (including phenoxy) is 2. The topological polar surface area (TPSA) is 72.8 Å². The summed E-state index contributed by atoms with van der Waals surface area (Å²) >= 11 is 0. The van der Waals surface area contributed by atoms with Crippen molar-refractivity contribution in [3.63, 3.8) is 0 Å². The number of hydrogen-bond donors (Lipinski definition) is 1. The molecule has 2 rings (SSSR count). The maximum absolute atomic E-state index is 11.7. The van der Waals surface area contributed by atoms with E-state index < -0.39 is 20.5 Å². The minimum absolute atomic E-state index is 0.133. The highest BCUT2D eigenvalue weighted by atomic mass is 32.2. The summed E-state index contributed by atoms with van der Waals surface area (Å²) in [6.07, 6.45) is 9.56. The molecule has 5 nitrogen and oxygen atoms in total. The van der Waals surface area contributed by atoms with Crippen LogP contribution < -0.4 is 9.47 Å². The fraction of sp³-hybridized carbons (Fsp3) is 0.786. The first-order chi connectivity index (χ1) is 15.5. The summed E-state index contributed by atoms with van der Waals surface area (Å²) in [6, 6.07) is 5.87. The molecule has 1 aromatic carbocycles. The summed E-state index contributed by atoms with van der Waals surface area (Å²) in [5.74, 6) is 3.17. The van der Waals surface area contributed by atoms with Gasteiger partial charge in [0.15, 0.2) is 0 Å². The summed E-state index contributed by atoms with van der Waals surface area (Å²) in [5.41, 5.74) is 0.233. The van der Waals surface area contributed by atoms with Gasteiger partial charge in [-0.2, -0.15) is 8.42 Å². The Kier molecular flexibility index (Phi) is 9.54. The van der Waals surface area contributed by atoms with Crippen molar-refractivity contribution < 1.29 is 22.4 Å². The van der Waals surface area contributed by atoms with Crippen LogP contribution in [0.2, 0.25) is 0 Å². The van der Waals surface area contributed by atoms with E-state index in [2.05, 4.69) is 27.7 Å². The zero-order valence-electron chi connectivity index (χ0n) is 22.7. The van der Waals surface area contributed by atoms with Crippen molar-refractivity contribution in [2.75, 3.05) is 0 Å². The highest BCUT2D eigenvalue weighted by molar-refractivity contribution is 7.87. The molecule has 0 saturated heterocycles. The van der Waals surface area contributed by atoms with Crippen LogP contribution >= 0.6 is 0 Å². The van der Waals surface area contributed by atoms with Gasteiger partial charge in [-0.3, -0.25) is 4.55 Å². The Labute approximate surface area is 208 Å². The molecular formula is C28H48O5S. The van der Waals surface area contributed by atoms with Crippen molar-refractivity contribution >= 4 is 10.1 Å². The van der Waals surface area contributed by atoms with Gasteiger partial charge in [0.05, 0.1) is 4.75 Å². The van der Waals surface area contributed by atoms with Crippen LogP contribution in [0.1, 0.15) is 112 Å². The molecule has 2 atom stereocenters. The van der Waals surface area contributed by atoms with Gasteiger partial charge in [0, 0.05) is 6.42 Å². The zero-order valence-corrected chi connectivity index (χ0v) is 23.6. The van der Waals surface area contributed by atoms with Crippen molar-refractivity contribution in [2.45, 2.75) is 129 Å². The first kappa shape index (κ1) is 29.0.